The lowest BCUT2D eigenvalue weighted by atomic mass is 10.2. The van der Waals surface area contributed by atoms with Gasteiger partial charge in [-0.25, -0.2) is 9.97 Å². The molecule has 1 amide bonds. The quantitative estimate of drug-likeness (QED) is 0.394. The number of amides is 1. The standard InChI is InChI=1S/C22H23N9O3/c1-12-16(10-32)22(34)25-11-30(12)19-6-13-5-17(24-8-15(13)21(23)27-19)26-18-7-14-3-4-29(2)20(33)9-31(14)28-18/h5-8,11,32H,3-4,9-10H2,1-2H3,(H2,23,27)(H,24,26,28). The average Bonchev–Trinajstić information content (AvgIpc) is 3.12. The van der Waals surface area contributed by atoms with E-state index in [0.717, 1.165) is 17.5 Å². The molecule has 1 aliphatic heterocycles. The molecule has 0 spiro atoms. The second-order valence-corrected chi connectivity index (χ2v) is 8.17. The summed E-state index contributed by atoms with van der Waals surface area (Å²) in [5.41, 5.74) is 7.40. The molecule has 34 heavy (non-hydrogen) atoms. The van der Waals surface area contributed by atoms with E-state index in [1.54, 1.807) is 40.4 Å². The number of aromatic nitrogens is 6. The fourth-order valence-electron chi connectivity index (χ4n) is 3.98. The van der Waals surface area contributed by atoms with Gasteiger partial charge < -0.3 is 21.1 Å². The molecule has 0 radical (unpaired) electrons. The van der Waals surface area contributed by atoms with Gasteiger partial charge in [0.2, 0.25) is 5.91 Å². The Labute approximate surface area is 193 Å². The van der Waals surface area contributed by atoms with E-state index < -0.39 is 12.2 Å². The molecule has 0 saturated heterocycles. The molecule has 4 aromatic heterocycles. The van der Waals surface area contributed by atoms with Crippen LogP contribution in [0.3, 0.4) is 0 Å². The SMILES string of the molecule is Cc1c(CO)c(=O)ncn1-c1cc2cc(Nc3cc4n(n3)CC(=O)N(C)CC4)ncc2c(N)n1. The number of rotatable bonds is 4. The predicted molar refractivity (Wildman–Crippen MR) is 125 cm³/mol. The van der Waals surface area contributed by atoms with Crippen LogP contribution in [0.25, 0.3) is 16.6 Å². The number of likely N-dealkylation sites (N-methyl/N-ethyl adjacent to an activating group) is 1. The first kappa shape index (κ1) is 21.5. The maximum atomic E-state index is 12.1. The summed E-state index contributed by atoms with van der Waals surface area (Å²) in [7, 11) is 1.79. The zero-order valence-corrected chi connectivity index (χ0v) is 18.7. The lowest BCUT2D eigenvalue weighted by Gasteiger charge is -2.14. The largest absolute Gasteiger partial charge is 0.391 e. The molecule has 0 aliphatic carbocycles. The van der Waals surface area contributed by atoms with Crippen LogP contribution < -0.4 is 16.6 Å². The summed E-state index contributed by atoms with van der Waals surface area (Å²) in [6.45, 7) is 2.13. The van der Waals surface area contributed by atoms with Crippen molar-refractivity contribution >= 4 is 34.1 Å². The molecule has 4 N–H and O–H groups in total. The fraction of sp³-hybridized carbons (Fsp3) is 0.273. The van der Waals surface area contributed by atoms with Crippen LogP contribution in [0.4, 0.5) is 17.5 Å². The van der Waals surface area contributed by atoms with Crippen molar-refractivity contribution in [3.05, 3.63) is 58.0 Å². The third kappa shape index (κ3) is 3.73. The lowest BCUT2D eigenvalue weighted by molar-refractivity contribution is -0.130. The topological polar surface area (TPSA) is 157 Å². The minimum absolute atomic E-state index is 0.0179. The molecule has 0 saturated carbocycles. The van der Waals surface area contributed by atoms with Gasteiger partial charge in [-0.05, 0) is 24.4 Å². The van der Waals surface area contributed by atoms with Crippen LogP contribution in [0.5, 0.6) is 0 Å². The highest BCUT2D eigenvalue weighted by molar-refractivity contribution is 5.93. The summed E-state index contributed by atoms with van der Waals surface area (Å²) >= 11 is 0. The molecule has 5 rings (SSSR count). The molecule has 5 heterocycles. The Hall–Kier alpha value is -4.32. The third-order valence-corrected chi connectivity index (χ3v) is 6.02. The van der Waals surface area contributed by atoms with Crippen LogP contribution in [-0.4, -0.2) is 58.8 Å². The minimum atomic E-state index is -0.479. The number of hydrogen-bond donors (Lipinski definition) is 3. The van der Waals surface area contributed by atoms with Crippen molar-refractivity contribution in [3.63, 3.8) is 0 Å². The molecule has 1 aliphatic rings. The molecule has 0 fully saturated rings. The molecular formula is C22H23N9O3. The number of nitrogens with two attached hydrogens (primary N) is 1. The summed E-state index contributed by atoms with van der Waals surface area (Å²) in [4.78, 5) is 38.4. The van der Waals surface area contributed by atoms with E-state index in [0.29, 0.717) is 35.1 Å². The highest BCUT2D eigenvalue weighted by Crippen LogP contribution is 2.26. The van der Waals surface area contributed by atoms with E-state index in [1.165, 1.54) is 6.33 Å². The van der Waals surface area contributed by atoms with Gasteiger partial charge >= 0.3 is 0 Å². The highest BCUT2D eigenvalue weighted by atomic mass is 16.3. The first-order chi connectivity index (χ1) is 16.3. The Balaban J connectivity index is 1.50. The normalized spacial score (nSPS) is 13.7. The van der Waals surface area contributed by atoms with Crippen LogP contribution in [0, 0.1) is 6.92 Å². The van der Waals surface area contributed by atoms with Crippen molar-refractivity contribution in [2.45, 2.75) is 26.5 Å². The van der Waals surface area contributed by atoms with Crippen molar-refractivity contribution in [2.24, 2.45) is 0 Å². The van der Waals surface area contributed by atoms with Gasteiger partial charge in [0.1, 0.15) is 30.3 Å². The molecular weight excluding hydrogens is 438 g/mol. The third-order valence-electron chi connectivity index (χ3n) is 6.02. The smallest absolute Gasteiger partial charge is 0.278 e. The number of pyridine rings is 2. The Morgan fingerprint density at radius 1 is 1.18 bits per heavy atom. The van der Waals surface area contributed by atoms with Gasteiger partial charge in [0, 0.05) is 49.1 Å². The van der Waals surface area contributed by atoms with E-state index in [4.69, 9.17) is 5.73 Å². The zero-order chi connectivity index (χ0) is 24.0. The first-order valence-electron chi connectivity index (χ1n) is 10.7. The summed E-state index contributed by atoms with van der Waals surface area (Å²) in [6.07, 6.45) is 3.71. The van der Waals surface area contributed by atoms with Crippen molar-refractivity contribution in [1.82, 2.24) is 34.2 Å². The van der Waals surface area contributed by atoms with Crippen molar-refractivity contribution < 1.29 is 9.90 Å². The summed E-state index contributed by atoms with van der Waals surface area (Å²) in [5.74, 6) is 1.88. The fourth-order valence-corrected chi connectivity index (χ4v) is 3.98. The number of anilines is 3. The second-order valence-electron chi connectivity index (χ2n) is 8.17. The lowest BCUT2D eigenvalue weighted by Crippen LogP contribution is -2.29. The number of carbonyl (C=O) groups excluding carboxylic acids is 1. The molecule has 12 nitrogen and oxygen atoms in total. The molecule has 4 aromatic rings. The highest BCUT2D eigenvalue weighted by Gasteiger charge is 2.19. The van der Waals surface area contributed by atoms with E-state index in [9.17, 15) is 14.7 Å². The summed E-state index contributed by atoms with van der Waals surface area (Å²) in [6, 6.07) is 5.53. The molecule has 0 unspecified atom stereocenters. The van der Waals surface area contributed by atoms with Crippen molar-refractivity contribution in [1.29, 1.82) is 0 Å². The number of hydrogen-bond acceptors (Lipinski definition) is 9. The summed E-state index contributed by atoms with van der Waals surface area (Å²) < 4.78 is 3.32. The summed E-state index contributed by atoms with van der Waals surface area (Å²) in [5, 5.41) is 18.7. The van der Waals surface area contributed by atoms with Crippen LogP contribution >= 0.6 is 0 Å². The molecule has 0 aromatic carbocycles. The van der Waals surface area contributed by atoms with E-state index in [-0.39, 0.29) is 23.8 Å². The van der Waals surface area contributed by atoms with Crippen LogP contribution in [0.2, 0.25) is 0 Å². The van der Waals surface area contributed by atoms with Crippen molar-refractivity contribution in [3.8, 4) is 5.82 Å². The van der Waals surface area contributed by atoms with Crippen LogP contribution in [0.1, 0.15) is 17.0 Å². The maximum Gasteiger partial charge on any atom is 0.278 e. The molecule has 174 valence electrons. The first-order valence-corrected chi connectivity index (χ1v) is 10.7. The van der Waals surface area contributed by atoms with E-state index in [1.807, 2.05) is 12.1 Å². The van der Waals surface area contributed by atoms with Gasteiger partial charge in [-0.2, -0.15) is 10.1 Å². The molecule has 0 atom stereocenters. The Kier molecular flexibility index (Phi) is 5.21. The van der Waals surface area contributed by atoms with Crippen LogP contribution in [-0.2, 0) is 24.4 Å². The Morgan fingerprint density at radius 3 is 2.79 bits per heavy atom. The number of fused-ring (bicyclic) bond motifs is 2. The number of nitrogen functional groups attached to an aromatic ring is 1. The van der Waals surface area contributed by atoms with Gasteiger partial charge in [-0.3, -0.25) is 18.8 Å². The second kappa shape index (κ2) is 8.23. The van der Waals surface area contributed by atoms with Gasteiger partial charge in [0.25, 0.3) is 5.56 Å². The predicted octanol–water partition coefficient (Wildman–Crippen LogP) is 0.513. The minimum Gasteiger partial charge on any atom is -0.391 e. The van der Waals surface area contributed by atoms with Crippen LogP contribution in [0.15, 0.2) is 35.5 Å². The number of nitrogens with zero attached hydrogens (tertiary/aromatic N) is 7. The maximum absolute atomic E-state index is 12.1. The van der Waals surface area contributed by atoms with Gasteiger partial charge in [0.05, 0.1) is 12.2 Å². The van der Waals surface area contributed by atoms with Crippen molar-refractivity contribution in [2.75, 3.05) is 24.6 Å². The number of carbonyl (C=O) groups is 1. The molecule has 12 heteroatoms. The zero-order valence-electron chi connectivity index (χ0n) is 18.7. The van der Waals surface area contributed by atoms with E-state index in [2.05, 4.69) is 25.4 Å². The molecule has 0 bridgehead atoms. The Morgan fingerprint density at radius 2 is 2.00 bits per heavy atom. The van der Waals surface area contributed by atoms with Gasteiger partial charge in [0.15, 0.2) is 5.82 Å². The van der Waals surface area contributed by atoms with Gasteiger partial charge in [-0.15, -0.1) is 0 Å². The average molecular weight is 461 g/mol. The monoisotopic (exact) mass is 461 g/mol. The van der Waals surface area contributed by atoms with Gasteiger partial charge in [-0.1, -0.05) is 0 Å². The van der Waals surface area contributed by atoms with E-state index >= 15 is 0 Å². The number of nitrogens with one attached hydrogen (secondary N) is 1. The number of aliphatic hydroxyl groups is 1. The number of aliphatic hydroxyl groups excluding tert-OH is 1. The Bertz CT molecular complexity index is 1490.